The van der Waals surface area contributed by atoms with Crippen LogP contribution in [0, 0.1) is 13.8 Å². The molecule has 4 rings (SSSR count). The number of H-pyrrole nitrogens is 1. The molecule has 1 aromatic heterocycles. The summed E-state index contributed by atoms with van der Waals surface area (Å²) in [5.41, 5.74) is 5.37. The van der Waals surface area contributed by atoms with Gasteiger partial charge in [0.25, 0.3) is 5.91 Å². The summed E-state index contributed by atoms with van der Waals surface area (Å²) in [6.45, 7) is 7.74. The lowest BCUT2D eigenvalue weighted by atomic mass is 9.93. The monoisotopic (exact) mass is 449 g/mol. The summed E-state index contributed by atoms with van der Waals surface area (Å²) in [6.07, 6.45) is 1.66. The number of carbonyl (C=O) groups excluding carboxylic acids is 1. The quantitative estimate of drug-likeness (QED) is 0.460. The molecular weight excluding hydrogens is 418 g/mol. The molecule has 1 aliphatic heterocycles. The number of phenols is 1. The number of nitrogens with zero attached hydrogens (tertiary/aromatic N) is 2. The van der Waals surface area contributed by atoms with Gasteiger partial charge in [0.2, 0.25) is 0 Å². The smallest absolute Gasteiger partial charge is 0.273 e. The topological polar surface area (TPSA) is 87.7 Å². The number of rotatable bonds is 9. The second-order valence-electron chi connectivity index (χ2n) is 8.50. The molecule has 174 valence electrons. The van der Waals surface area contributed by atoms with E-state index in [1.165, 1.54) is 0 Å². The molecular formula is C26H31N3O4. The van der Waals surface area contributed by atoms with Crippen molar-refractivity contribution in [1.29, 1.82) is 0 Å². The van der Waals surface area contributed by atoms with E-state index in [9.17, 15) is 9.90 Å². The molecule has 1 atom stereocenters. The van der Waals surface area contributed by atoms with Gasteiger partial charge in [0.15, 0.2) is 0 Å². The van der Waals surface area contributed by atoms with Crippen molar-refractivity contribution >= 4 is 5.91 Å². The first kappa shape index (κ1) is 22.9. The second kappa shape index (κ2) is 9.67. The number of amides is 1. The number of aryl methyl sites for hydroxylation is 2. The Morgan fingerprint density at radius 3 is 2.58 bits per heavy atom. The number of hydrogen-bond donors (Lipinski definition) is 2. The fourth-order valence-corrected chi connectivity index (χ4v) is 4.56. The molecule has 0 radical (unpaired) electrons. The number of aromatic hydroxyl groups is 1. The Morgan fingerprint density at radius 1 is 1.15 bits per heavy atom. The van der Waals surface area contributed by atoms with E-state index in [0.29, 0.717) is 36.7 Å². The summed E-state index contributed by atoms with van der Waals surface area (Å²) in [7, 11) is 1.66. The fourth-order valence-electron chi connectivity index (χ4n) is 4.56. The predicted octanol–water partition coefficient (Wildman–Crippen LogP) is 4.77. The molecule has 0 aliphatic carbocycles. The average molecular weight is 450 g/mol. The zero-order chi connectivity index (χ0) is 23.5. The third-order valence-corrected chi connectivity index (χ3v) is 5.98. The maximum Gasteiger partial charge on any atom is 0.273 e. The zero-order valence-corrected chi connectivity index (χ0v) is 19.6. The lowest BCUT2D eigenvalue weighted by molar-refractivity contribution is 0.0723. The molecule has 3 aromatic rings. The minimum absolute atomic E-state index is 0.0968. The molecule has 1 unspecified atom stereocenters. The SMILES string of the molecule is CCCOc1ccc(C2c3c(-c4c(C)cc(C)cc4O)n[nH]c3C(=O)N2CCCOC)cc1. The van der Waals surface area contributed by atoms with Crippen LogP contribution in [0.2, 0.25) is 0 Å². The highest BCUT2D eigenvalue weighted by molar-refractivity contribution is 6.00. The van der Waals surface area contributed by atoms with Crippen LogP contribution in [0.15, 0.2) is 36.4 Å². The minimum Gasteiger partial charge on any atom is -0.507 e. The minimum atomic E-state index is -0.321. The standard InChI is InChI=1S/C26H31N3O4/c1-5-12-33-19-9-7-18(8-10-19)25-22-23(21-17(3)14-16(2)15-20(21)30)27-28-24(22)26(31)29(25)11-6-13-32-4/h7-10,14-15,25,30H,5-6,11-13H2,1-4H3,(H,27,28). The highest BCUT2D eigenvalue weighted by Gasteiger charge is 2.42. The highest BCUT2D eigenvalue weighted by atomic mass is 16.5. The molecule has 0 fully saturated rings. The molecule has 2 aromatic carbocycles. The number of methoxy groups -OCH3 is 1. The largest absolute Gasteiger partial charge is 0.507 e. The van der Waals surface area contributed by atoms with Gasteiger partial charge in [-0.2, -0.15) is 5.10 Å². The first-order valence-corrected chi connectivity index (χ1v) is 11.4. The summed E-state index contributed by atoms with van der Waals surface area (Å²) in [6, 6.07) is 11.3. The van der Waals surface area contributed by atoms with Gasteiger partial charge in [-0.05, 0) is 61.6 Å². The van der Waals surface area contributed by atoms with E-state index in [4.69, 9.17) is 9.47 Å². The number of fused-ring (bicyclic) bond motifs is 1. The molecule has 2 N–H and O–H groups in total. The summed E-state index contributed by atoms with van der Waals surface area (Å²) in [5.74, 6) is 0.866. The van der Waals surface area contributed by atoms with Crippen molar-refractivity contribution in [1.82, 2.24) is 15.1 Å². The van der Waals surface area contributed by atoms with Gasteiger partial charge in [0.1, 0.15) is 22.9 Å². The number of benzene rings is 2. The van der Waals surface area contributed by atoms with Gasteiger partial charge in [0.05, 0.1) is 12.6 Å². The highest BCUT2D eigenvalue weighted by Crippen LogP contribution is 2.45. The predicted molar refractivity (Wildman–Crippen MR) is 127 cm³/mol. The van der Waals surface area contributed by atoms with Crippen LogP contribution < -0.4 is 4.74 Å². The molecule has 0 saturated carbocycles. The van der Waals surface area contributed by atoms with Crippen LogP contribution in [0.4, 0.5) is 0 Å². The van der Waals surface area contributed by atoms with E-state index in [-0.39, 0.29) is 17.7 Å². The number of carbonyl (C=O) groups is 1. The van der Waals surface area contributed by atoms with Crippen LogP contribution in [-0.4, -0.2) is 53.0 Å². The lowest BCUT2D eigenvalue weighted by Crippen LogP contribution is -2.31. The van der Waals surface area contributed by atoms with E-state index in [1.807, 2.05) is 49.1 Å². The molecule has 2 heterocycles. The van der Waals surface area contributed by atoms with E-state index < -0.39 is 0 Å². The number of phenolic OH excluding ortho intramolecular Hbond substituents is 1. The van der Waals surface area contributed by atoms with Gasteiger partial charge < -0.3 is 19.5 Å². The number of ether oxygens (including phenoxy) is 2. The molecule has 0 bridgehead atoms. The normalized spacial score (nSPS) is 15.2. The van der Waals surface area contributed by atoms with Crippen molar-refractivity contribution in [3.63, 3.8) is 0 Å². The number of aromatic nitrogens is 2. The Kier molecular flexibility index (Phi) is 6.70. The van der Waals surface area contributed by atoms with Crippen molar-refractivity contribution in [2.24, 2.45) is 0 Å². The lowest BCUT2D eigenvalue weighted by Gasteiger charge is -2.26. The maximum atomic E-state index is 13.4. The van der Waals surface area contributed by atoms with Crippen molar-refractivity contribution < 1.29 is 19.4 Å². The van der Waals surface area contributed by atoms with Crippen LogP contribution in [0.5, 0.6) is 11.5 Å². The van der Waals surface area contributed by atoms with Gasteiger partial charge in [-0.15, -0.1) is 0 Å². The van der Waals surface area contributed by atoms with Gasteiger partial charge in [-0.1, -0.05) is 25.1 Å². The van der Waals surface area contributed by atoms with E-state index >= 15 is 0 Å². The average Bonchev–Trinajstić information content (AvgIpc) is 3.32. The molecule has 0 spiro atoms. The van der Waals surface area contributed by atoms with Crippen molar-refractivity contribution in [2.75, 3.05) is 26.9 Å². The van der Waals surface area contributed by atoms with E-state index in [2.05, 4.69) is 17.1 Å². The van der Waals surface area contributed by atoms with Crippen LogP contribution >= 0.6 is 0 Å². The van der Waals surface area contributed by atoms with Gasteiger partial charge >= 0.3 is 0 Å². The van der Waals surface area contributed by atoms with Crippen LogP contribution in [0.25, 0.3) is 11.3 Å². The zero-order valence-electron chi connectivity index (χ0n) is 19.6. The molecule has 7 nitrogen and oxygen atoms in total. The van der Waals surface area contributed by atoms with Crippen LogP contribution in [0.1, 0.15) is 58.5 Å². The summed E-state index contributed by atoms with van der Waals surface area (Å²) < 4.78 is 11.0. The maximum absolute atomic E-state index is 13.4. The van der Waals surface area contributed by atoms with Gasteiger partial charge in [0, 0.05) is 31.4 Å². The first-order valence-electron chi connectivity index (χ1n) is 11.4. The molecule has 0 saturated heterocycles. The number of hydrogen-bond acceptors (Lipinski definition) is 5. The Labute approximate surface area is 194 Å². The molecule has 1 aliphatic rings. The Bertz CT molecular complexity index is 1110. The summed E-state index contributed by atoms with van der Waals surface area (Å²) in [5, 5.41) is 18.2. The van der Waals surface area contributed by atoms with E-state index in [1.54, 1.807) is 13.2 Å². The molecule has 33 heavy (non-hydrogen) atoms. The Balaban J connectivity index is 1.80. The summed E-state index contributed by atoms with van der Waals surface area (Å²) in [4.78, 5) is 15.2. The van der Waals surface area contributed by atoms with Gasteiger partial charge in [-0.25, -0.2) is 0 Å². The molecule has 7 heteroatoms. The van der Waals surface area contributed by atoms with Gasteiger partial charge in [-0.3, -0.25) is 9.89 Å². The van der Waals surface area contributed by atoms with Crippen LogP contribution in [-0.2, 0) is 4.74 Å². The second-order valence-corrected chi connectivity index (χ2v) is 8.50. The number of nitrogens with one attached hydrogen (secondary N) is 1. The first-order chi connectivity index (χ1) is 16.0. The van der Waals surface area contributed by atoms with E-state index in [0.717, 1.165) is 40.8 Å². The Hall–Kier alpha value is -3.32. The third kappa shape index (κ3) is 4.33. The fraction of sp³-hybridized carbons (Fsp3) is 0.385. The number of aromatic amines is 1. The van der Waals surface area contributed by atoms with Crippen molar-refractivity contribution in [3.05, 3.63) is 64.3 Å². The molecule has 1 amide bonds. The van der Waals surface area contributed by atoms with Crippen molar-refractivity contribution in [3.8, 4) is 22.8 Å². The Morgan fingerprint density at radius 2 is 1.91 bits per heavy atom. The third-order valence-electron chi connectivity index (χ3n) is 5.98. The summed E-state index contributed by atoms with van der Waals surface area (Å²) >= 11 is 0. The van der Waals surface area contributed by atoms with Crippen molar-refractivity contribution in [2.45, 2.75) is 39.7 Å². The van der Waals surface area contributed by atoms with Crippen LogP contribution in [0.3, 0.4) is 0 Å².